The molecule has 0 aromatic heterocycles. The molecule has 0 heterocycles. The number of halogens is 2. The molecule has 0 unspecified atom stereocenters. The smallest absolute Gasteiger partial charge is 0.240 e. The molecule has 3 rings (SSSR count). The van der Waals surface area contributed by atoms with E-state index in [0.29, 0.717) is 28.6 Å². The minimum absolute atomic E-state index is 0.157. The van der Waals surface area contributed by atoms with Gasteiger partial charge in [0.05, 0.1) is 15.7 Å². The van der Waals surface area contributed by atoms with Gasteiger partial charge in [-0.2, -0.15) is 0 Å². The van der Waals surface area contributed by atoms with Gasteiger partial charge in [-0.05, 0) is 37.8 Å². The molecule has 0 aliphatic heterocycles. The van der Waals surface area contributed by atoms with Gasteiger partial charge in [0.1, 0.15) is 5.41 Å². The standard InChI is InChI=1S/C18H22Cl2N2O2/c19-13-8-5-9-14(20)15(13)22-17(24)18(10-11-18)16(23)21-12-6-3-1-2-4-7-12/h5,8-9,12H,1-4,6-7,10-11H2,(H,21,23)(H,22,24). The molecule has 1 aromatic rings. The normalized spacial score (nSPS) is 20.1. The lowest BCUT2D eigenvalue weighted by molar-refractivity contribution is -0.134. The van der Waals surface area contributed by atoms with Crippen LogP contribution in [0.1, 0.15) is 51.4 Å². The van der Waals surface area contributed by atoms with Crippen molar-refractivity contribution in [2.24, 2.45) is 5.41 Å². The minimum atomic E-state index is -0.963. The van der Waals surface area contributed by atoms with Crippen LogP contribution in [0.4, 0.5) is 5.69 Å². The molecule has 0 spiro atoms. The van der Waals surface area contributed by atoms with E-state index in [1.807, 2.05) is 0 Å². The van der Waals surface area contributed by atoms with Crippen LogP contribution in [0.2, 0.25) is 10.0 Å². The lowest BCUT2D eigenvalue weighted by atomic mass is 10.0. The Kier molecular flexibility index (Phi) is 5.36. The van der Waals surface area contributed by atoms with Gasteiger partial charge in [0.2, 0.25) is 11.8 Å². The Morgan fingerprint density at radius 2 is 1.54 bits per heavy atom. The number of hydrogen-bond acceptors (Lipinski definition) is 2. The fraction of sp³-hybridized carbons (Fsp3) is 0.556. The average Bonchev–Trinajstić information content (AvgIpc) is 3.36. The molecule has 1 aromatic carbocycles. The molecule has 2 aliphatic carbocycles. The van der Waals surface area contributed by atoms with Crippen molar-refractivity contribution in [2.75, 3.05) is 5.32 Å². The molecule has 2 saturated carbocycles. The first-order chi connectivity index (χ1) is 11.5. The third-order valence-corrected chi connectivity index (χ3v) is 5.64. The quantitative estimate of drug-likeness (QED) is 0.604. The van der Waals surface area contributed by atoms with Gasteiger partial charge in [0.15, 0.2) is 0 Å². The number of para-hydroxylation sites is 1. The van der Waals surface area contributed by atoms with E-state index in [9.17, 15) is 9.59 Å². The summed E-state index contributed by atoms with van der Waals surface area (Å²) >= 11 is 12.2. The van der Waals surface area contributed by atoms with Crippen molar-refractivity contribution in [1.29, 1.82) is 0 Å². The molecular formula is C18H22Cl2N2O2. The van der Waals surface area contributed by atoms with Crippen LogP contribution in [-0.2, 0) is 9.59 Å². The number of amides is 2. The summed E-state index contributed by atoms with van der Waals surface area (Å²) in [5, 5.41) is 6.58. The molecular weight excluding hydrogens is 347 g/mol. The summed E-state index contributed by atoms with van der Waals surface area (Å²) in [6, 6.07) is 5.23. The largest absolute Gasteiger partial charge is 0.352 e. The molecule has 0 bridgehead atoms. The monoisotopic (exact) mass is 368 g/mol. The first kappa shape index (κ1) is 17.6. The van der Waals surface area contributed by atoms with E-state index < -0.39 is 5.41 Å². The van der Waals surface area contributed by atoms with E-state index in [4.69, 9.17) is 23.2 Å². The van der Waals surface area contributed by atoms with Crippen molar-refractivity contribution in [2.45, 2.75) is 57.4 Å². The average molecular weight is 369 g/mol. The fourth-order valence-corrected chi connectivity index (χ4v) is 3.77. The Labute approximate surface area is 152 Å². The van der Waals surface area contributed by atoms with Gasteiger partial charge in [-0.1, -0.05) is 55.0 Å². The van der Waals surface area contributed by atoms with E-state index in [1.54, 1.807) is 18.2 Å². The molecule has 2 fully saturated rings. The molecule has 2 amide bonds. The van der Waals surface area contributed by atoms with Crippen LogP contribution < -0.4 is 10.6 Å². The number of benzene rings is 1. The maximum atomic E-state index is 12.7. The molecule has 130 valence electrons. The van der Waals surface area contributed by atoms with E-state index in [0.717, 1.165) is 25.7 Å². The SMILES string of the molecule is O=C(Nc1c(Cl)cccc1Cl)C1(C(=O)NC2CCCCCC2)CC1. The summed E-state index contributed by atoms with van der Waals surface area (Å²) in [4.78, 5) is 25.3. The predicted molar refractivity (Wildman–Crippen MR) is 96.4 cm³/mol. The second kappa shape index (κ2) is 7.32. The van der Waals surface area contributed by atoms with Crippen LogP contribution >= 0.6 is 23.2 Å². The van der Waals surface area contributed by atoms with Crippen molar-refractivity contribution in [3.8, 4) is 0 Å². The number of carbonyl (C=O) groups excluding carboxylic acids is 2. The highest BCUT2D eigenvalue weighted by atomic mass is 35.5. The van der Waals surface area contributed by atoms with Gasteiger partial charge in [-0.25, -0.2) is 0 Å². The lowest BCUT2D eigenvalue weighted by Gasteiger charge is -2.21. The highest BCUT2D eigenvalue weighted by Gasteiger charge is 2.57. The van der Waals surface area contributed by atoms with Gasteiger partial charge >= 0.3 is 0 Å². The van der Waals surface area contributed by atoms with Gasteiger partial charge in [-0.15, -0.1) is 0 Å². The van der Waals surface area contributed by atoms with Crippen LogP contribution in [0.25, 0.3) is 0 Å². The van der Waals surface area contributed by atoms with Crippen molar-refractivity contribution < 1.29 is 9.59 Å². The third kappa shape index (κ3) is 3.70. The zero-order valence-electron chi connectivity index (χ0n) is 13.5. The Bertz CT molecular complexity index is 616. The van der Waals surface area contributed by atoms with Gasteiger partial charge in [0.25, 0.3) is 0 Å². The Balaban J connectivity index is 1.66. The van der Waals surface area contributed by atoms with E-state index in [1.165, 1.54) is 12.8 Å². The Morgan fingerprint density at radius 3 is 2.08 bits per heavy atom. The second-order valence-corrected chi connectivity index (χ2v) is 7.61. The van der Waals surface area contributed by atoms with Crippen molar-refractivity contribution in [3.05, 3.63) is 28.2 Å². The van der Waals surface area contributed by atoms with E-state index in [2.05, 4.69) is 10.6 Å². The number of nitrogens with one attached hydrogen (secondary N) is 2. The molecule has 2 aliphatic rings. The number of hydrogen-bond donors (Lipinski definition) is 2. The van der Waals surface area contributed by atoms with Gasteiger partial charge in [0, 0.05) is 6.04 Å². The lowest BCUT2D eigenvalue weighted by Crippen LogP contribution is -2.44. The fourth-order valence-electron chi connectivity index (χ4n) is 3.28. The van der Waals surface area contributed by atoms with Gasteiger partial charge in [-0.3, -0.25) is 9.59 Å². The summed E-state index contributed by atoms with van der Waals surface area (Å²) in [7, 11) is 0. The van der Waals surface area contributed by atoms with Crippen LogP contribution in [0.15, 0.2) is 18.2 Å². The molecule has 0 atom stereocenters. The zero-order valence-corrected chi connectivity index (χ0v) is 15.1. The molecule has 0 saturated heterocycles. The van der Waals surface area contributed by atoms with Crippen LogP contribution in [-0.4, -0.2) is 17.9 Å². The van der Waals surface area contributed by atoms with E-state index in [-0.39, 0.29) is 17.9 Å². The van der Waals surface area contributed by atoms with Gasteiger partial charge < -0.3 is 10.6 Å². The Hall–Kier alpha value is -1.26. The third-order valence-electron chi connectivity index (χ3n) is 5.01. The molecule has 0 radical (unpaired) electrons. The molecule has 4 nitrogen and oxygen atoms in total. The maximum Gasteiger partial charge on any atom is 0.240 e. The first-order valence-electron chi connectivity index (χ1n) is 8.59. The zero-order chi connectivity index (χ0) is 17.2. The van der Waals surface area contributed by atoms with Crippen molar-refractivity contribution in [3.63, 3.8) is 0 Å². The summed E-state index contributed by atoms with van der Waals surface area (Å²) in [5.41, 5.74) is -0.589. The highest BCUT2D eigenvalue weighted by molar-refractivity contribution is 6.40. The number of anilines is 1. The van der Waals surface area contributed by atoms with Crippen molar-refractivity contribution in [1.82, 2.24) is 5.32 Å². The van der Waals surface area contributed by atoms with Crippen LogP contribution in [0.3, 0.4) is 0 Å². The first-order valence-corrected chi connectivity index (χ1v) is 9.35. The van der Waals surface area contributed by atoms with Crippen molar-refractivity contribution >= 4 is 40.7 Å². The van der Waals surface area contributed by atoms with Crippen LogP contribution in [0, 0.1) is 5.41 Å². The minimum Gasteiger partial charge on any atom is -0.352 e. The summed E-state index contributed by atoms with van der Waals surface area (Å²) in [5.74, 6) is -0.473. The Morgan fingerprint density at radius 1 is 0.958 bits per heavy atom. The summed E-state index contributed by atoms with van der Waals surface area (Å²) < 4.78 is 0. The molecule has 24 heavy (non-hydrogen) atoms. The summed E-state index contributed by atoms with van der Waals surface area (Å²) in [6.07, 6.45) is 7.86. The van der Waals surface area contributed by atoms with E-state index >= 15 is 0 Å². The highest BCUT2D eigenvalue weighted by Crippen LogP contribution is 2.47. The predicted octanol–water partition coefficient (Wildman–Crippen LogP) is 4.55. The summed E-state index contributed by atoms with van der Waals surface area (Å²) in [6.45, 7) is 0. The topological polar surface area (TPSA) is 58.2 Å². The number of rotatable bonds is 4. The molecule has 6 heteroatoms. The molecule has 2 N–H and O–H groups in total. The second-order valence-electron chi connectivity index (χ2n) is 6.79. The maximum absolute atomic E-state index is 12.7. The van der Waals surface area contributed by atoms with Crippen LogP contribution in [0.5, 0.6) is 0 Å². The number of carbonyl (C=O) groups is 2.